The maximum atomic E-state index is 14.7. The molecule has 3 heterocycles. The number of aliphatic hydroxyl groups is 1. The van der Waals surface area contributed by atoms with Crippen LogP contribution in [0.1, 0.15) is 40.5 Å². The van der Waals surface area contributed by atoms with Gasteiger partial charge in [0.2, 0.25) is 0 Å². The lowest BCUT2D eigenvalue weighted by molar-refractivity contribution is -0.146. The van der Waals surface area contributed by atoms with Gasteiger partial charge in [-0.1, -0.05) is 58.4 Å². The molecule has 3 aromatic carbocycles. The minimum absolute atomic E-state index is 0.000608. The summed E-state index contributed by atoms with van der Waals surface area (Å²) in [6.07, 6.45) is 2.41. The molecule has 2 aliphatic rings. The van der Waals surface area contributed by atoms with Gasteiger partial charge in [-0.25, -0.2) is 0 Å². The van der Waals surface area contributed by atoms with E-state index in [1.807, 2.05) is 86.9 Å². The number of nitrogens with zero attached hydrogens (tertiary/aromatic N) is 4. The van der Waals surface area contributed by atoms with E-state index in [0.29, 0.717) is 42.9 Å². The maximum absolute atomic E-state index is 14.7. The van der Waals surface area contributed by atoms with Gasteiger partial charge in [0, 0.05) is 58.5 Å². The van der Waals surface area contributed by atoms with E-state index in [2.05, 4.69) is 31.6 Å². The molecule has 0 unspecified atom stereocenters. The predicted molar refractivity (Wildman–Crippen MR) is 181 cm³/mol. The quantitative estimate of drug-likeness (QED) is 0.192. The van der Waals surface area contributed by atoms with Crippen LogP contribution < -0.4 is 10.2 Å². The summed E-state index contributed by atoms with van der Waals surface area (Å²) >= 11 is 3.62. The number of rotatable bonds is 10. The van der Waals surface area contributed by atoms with Crippen molar-refractivity contribution in [3.05, 3.63) is 106 Å². The van der Waals surface area contributed by atoms with Crippen LogP contribution in [0.2, 0.25) is 18.6 Å². The Morgan fingerprint density at radius 2 is 1.85 bits per heavy atom. The summed E-state index contributed by atoms with van der Waals surface area (Å²) in [5, 5.41) is 20.5. The third kappa shape index (κ3) is 6.07. The second kappa shape index (κ2) is 12.8. The first kappa shape index (κ1) is 32.3. The number of carbonyl (C=O) groups excluding carboxylic acids is 2. The fourth-order valence-corrected chi connectivity index (χ4v) is 10.0. The Balaban J connectivity index is 1.26. The van der Waals surface area contributed by atoms with Crippen molar-refractivity contribution < 1.29 is 24.2 Å². The highest BCUT2D eigenvalue weighted by Crippen LogP contribution is 2.60. The van der Waals surface area contributed by atoms with Gasteiger partial charge in [-0.05, 0) is 67.5 Å². The number of benzene rings is 3. The molecule has 1 saturated heterocycles. The molecule has 1 fully saturated rings. The van der Waals surface area contributed by atoms with Crippen LogP contribution in [-0.4, -0.2) is 57.7 Å². The normalized spacial score (nSPS) is 22.4. The van der Waals surface area contributed by atoms with E-state index in [0.717, 1.165) is 21.3 Å². The summed E-state index contributed by atoms with van der Waals surface area (Å²) < 4.78 is 9.49. The molecule has 46 heavy (non-hydrogen) atoms. The van der Waals surface area contributed by atoms with Gasteiger partial charge in [-0.3, -0.25) is 14.3 Å². The number of amides is 2. The summed E-state index contributed by atoms with van der Waals surface area (Å²) in [6, 6.07) is 22.4. The Kier molecular flexibility index (Phi) is 9.01. The number of hydrogen-bond acceptors (Lipinski definition) is 7. The number of ether oxygens (including phenoxy) is 1. The predicted octanol–water partition coefficient (Wildman–Crippen LogP) is 5.26. The lowest BCUT2D eigenvalue weighted by Gasteiger charge is -2.32. The first-order valence-corrected chi connectivity index (χ1v) is 19.3. The summed E-state index contributed by atoms with van der Waals surface area (Å²) in [5.74, 6) is -0.622. The minimum atomic E-state index is -2.81. The fourth-order valence-electron chi connectivity index (χ4n) is 7.08. The Morgan fingerprint density at radius 1 is 1.11 bits per heavy atom. The molecule has 6 rings (SSSR count). The number of anilines is 2. The molecule has 0 aliphatic carbocycles. The van der Waals surface area contributed by atoms with Crippen LogP contribution in [0.25, 0.3) is 0 Å². The van der Waals surface area contributed by atoms with Crippen LogP contribution in [-0.2, 0) is 34.6 Å². The molecule has 3 N–H and O–H groups in total. The lowest BCUT2D eigenvalue weighted by atomic mass is 9.82. The number of nitrogens with one attached hydrogen (secondary N) is 1. The number of aliphatic hydroxyl groups excluding tert-OH is 1. The van der Waals surface area contributed by atoms with E-state index in [1.165, 1.54) is 0 Å². The molecular weight excluding hydrogens is 666 g/mol. The topological polar surface area (TPSA) is 130 Å². The molecule has 0 saturated carbocycles. The van der Waals surface area contributed by atoms with Gasteiger partial charge in [0.1, 0.15) is 0 Å². The molecule has 2 aliphatic heterocycles. The van der Waals surface area contributed by atoms with Crippen molar-refractivity contribution in [3.8, 4) is 0 Å². The molecular formula is C34H38BrN5O5Si. The smallest absolute Gasteiger partial charge is 0.264 e. The number of carbonyl (C=O) groups is 2. The average molecular weight is 705 g/mol. The first-order valence-electron chi connectivity index (χ1n) is 15.5. The maximum Gasteiger partial charge on any atom is 0.264 e. The molecule has 1 spiro atoms. The van der Waals surface area contributed by atoms with Crippen molar-refractivity contribution in [1.29, 1.82) is 0 Å². The van der Waals surface area contributed by atoms with Gasteiger partial charge in [-0.2, -0.15) is 0 Å². The van der Waals surface area contributed by atoms with Gasteiger partial charge < -0.3 is 24.9 Å². The Labute approximate surface area is 277 Å². The highest BCUT2D eigenvalue weighted by atomic mass is 79.9. The van der Waals surface area contributed by atoms with Gasteiger partial charge >= 0.3 is 0 Å². The standard InChI is InChI=1S/C34H38BrN5O5Si/c1-22-31(46(2,3)44)30(15-17-39-21-27(16-18-41)37-38-39)45-34(22)28-19-25(35)11-14-29(28)40(33(34)43)20-23-9-12-26(13-10-23)36-32(42)24-7-5-4-6-8-24/h4-14,19,21-22,30-31,41,44H,15-18,20H2,1-3H3,(H,36,42)/t22-,30+,31-,34+/m0/s1. The van der Waals surface area contributed by atoms with Gasteiger partial charge in [0.05, 0.1) is 24.0 Å². The van der Waals surface area contributed by atoms with E-state index in [-0.39, 0.29) is 36.0 Å². The second-order valence-electron chi connectivity index (χ2n) is 12.7. The van der Waals surface area contributed by atoms with E-state index >= 15 is 0 Å². The molecule has 4 atom stereocenters. The molecule has 10 nitrogen and oxygen atoms in total. The zero-order valence-corrected chi connectivity index (χ0v) is 28.6. The average Bonchev–Trinajstić information content (AvgIpc) is 3.67. The number of fused-ring (bicyclic) bond motifs is 2. The van der Waals surface area contributed by atoms with Crippen LogP contribution in [0.4, 0.5) is 11.4 Å². The zero-order chi connectivity index (χ0) is 32.6. The SMILES string of the molecule is C[C@H]1[C@H]([Si](C)(C)O)[C@@H](CCn2cc(CCO)nn2)O[C@]12C(=O)N(Cc1ccc(NC(=O)c3ccccc3)cc1)c1ccc(Br)cc12. The lowest BCUT2D eigenvalue weighted by Crippen LogP contribution is -2.46. The van der Waals surface area contributed by atoms with Gasteiger partial charge in [-0.15, -0.1) is 5.10 Å². The fraction of sp³-hybridized carbons (Fsp3) is 0.353. The van der Waals surface area contributed by atoms with Crippen LogP contribution in [0.15, 0.2) is 83.5 Å². The molecule has 0 radical (unpaired) electrons. The van der Waals surface area contributed by atoms with Crippen molar-refractivity contribution in [2.24, 2.45) is 5.92 Å². The van der Waals surface area contributed by atoms with Crippen LogP contribution in [0, 0.1) is 5.92 Å². The van der Waals surface area contributed by atoms with Crippen molar-refractivity contribution in [2.45, 2.75) is 63.2 Å². The summed E-state index contributed by atoms with van der Waals surface area (Å²) in [6.45, 7) is 6.68. The van der Waals surface area contributed by atoms with Crippen molar-refractivity contribution in [2.75, 3.05) is 16.8 Å². The largest absolute Gasteiger partial charge is 0.432 e. The minimum Gasteiger partial charge on any atom is -0.432 e. The second-order valence-corrected chi connectivity index (χ2v) is 17.6. The zero-order valence-electron chi connectivity index (χ0n) is 26.1. The van der Waals surface area contributed by atoms with E-state index in [9.17, 15) is 19.5 Å². The third-order valence-corrected chi connectivity index (χ3v) is 12.1. The molecule has 1 aromatic heterocycles. The highest BCUT2D eigenvalue weighted by molar-refractivity contribution is 9.10. The summed E-state index contributed by atoms with van der Waals surface area (Å²) in [7, 11) is -2.81. The van der Waals surface area contributed by atoms with Gasteiger partial charge in [0.25, 0.3) is 11.8 Å². The molecule has 12 heteroatoms. The molecule has 2 amide bonds. The highest BCUT2D eigenvalue weighted by Gasteiger charge is 2.66. The van der Waals surface area contributed by atoms with Crippen molar-refractivity contribution in [1.82, 2.24) is 15.0 Å². The summed E-state index contributed by atoms with van der Waals surface area (Å²) in [4.78, 5) is 40.6. The van der Waals surface area contributed by atoms with E-state index in [1.54, 1.807) is 21.7 Å². The molecule has 0 bridgehead atoms. The summed E-state index contributed by atoms with van der Waals surface area (Å²) in [5.41, 5.74) is 2.96. The number of aryl methyl sites for hydroxylation is 1. The Morgan fingerprint density at radius 3 is 2.54 bits per heavy atom. The Bertz CT molecular complexity index is 1730. The monoisotopic (exact) mass is 703 g/mol. The first-order chi connectivity index (χ1) is 22.0. The molecule has 4 aromatic rings. The van der Waals surface area contributed by atoms with Crippen LogP contribution in [0.3, 0.4) is 0 Å². The van der Waals surface area contributed by atoms with Gasteiger partial charge in [0.15, 0.2) is 13.9 Å². The Hall–Kier alpha value is -3.68. The number of hydrogen-bond donors (Lipinski definition) is 3. The van der Waals surface area contributed by atoms with E-state index in [4.69, 9.17) is 4.74 Å². The van der Waals surface area contributed by atoms with Crippen LogP contribution in [0.5, 0.6) is 0 Å². The van der Waals surface area contributed by atoms with E-state index < -0.39 is 13.9 Å². The third-order valence-electron chi connectivity index (χ3n) is 9.13. The molecule has 240 valence electrons. The number of halogens is 1. The van der Waals surface area contributed by atoms with Crippen molar-refractivity contribution in [3.63, 3.8) is 0 Å². The van der Waals surface area contributed by atoms with Crippen LogP contribution >= 0.6 is 15.9 Å². The number of aromatic nitrogens is 3. The van der Waals surface area contributed by atoms with Crippen molar-refractivity contribution >= 4 is 47.4 Å².